The van der Waals surface area contributed by atoms with Crippen LogP contribution in [0.25, 0.3) is 0 Å². The van der Waals surface area contributed by atoms with Gasteiger partial charge in [-0.1, -0.05) is 41.4 Å². The number of ketones is 1. The largest absolute Gasteiger partial charge is 0.384 e. The lowest BCUT2D eigenvalue weighted by molar-refractivity contribution is -0.123. The Kier molecular flexibility index (Phi) is 4.75. The summed E-state index contributed by atoms with van der Waals surface area (Å²) in [7, 11) is 0. The number of allylic oxidation sites excluding steroid dienone is 1. The van der Waals surface area contributed by atoms with Gasteiger partial charge in [-0.3, -0.25) is 14.5 Å². The number of hydrogen-bond acceptors (Lipinski definition) is 5. The van der Waals surface area contributed by atoms with Crippen molar-refractivity contribution in [3.63, 3.8) is 0 Å². The van der Waals surface area contributed by atoms with Gasteiger partial charge in [0.25, 0.3) is 0 Å². The van der Waals surface area contributed by atoms with Gasteiger partial charge in [0.1, 0.15) is 17.3 Å². The van der Waals surface area contributed by atoms with Crippen molar-refractivity contribution in [3.05, 3.63) is 80.2 Å². The van der Waals surface area contributed by atoms with Crippen LogP contribution in [0.5, 0.6) is 0 Å². The van der Waals surface area contributed by atoms with Gasteiger partial charge >= 0.3 is 0 Å². The van der Waals surface area contributed by atoms with E-state index in [1.807, 2.05) is 38.1 Å². The molecule has 0 fully saturated rings. The number of nitrogens with one attached hydrogen (secondary N) is 1. The van der Waals surface area contributed by atoms with E-state index in [0.29, 0.717) is 39.7 Å². The Morgan fingerprint density at radius 3 is 2.52 bits per heavy atom. The number of anilines is 2. The Morgan fingerprint density at radius 2 is 1.85 bits per heavy atom. The molecule has 2 aromatic carbocycles. The molecule has 0 radical (unpaired) electrons. The van der Waals surface area contributed by atoms with E-state index in [2.05, 4.69) is 27.3 Å². The highest BCUT2D eigenvalue weighted by Crippen LogP contribution is 2.57. The van der Waals surface area contributed by atoms with Gasteiger partial charge in [-0.15, -0.1) is 0 Å². The van der Waals surface area contributed by atoms with E-state index >= 15 is 0 Å². The molecule has 1 unspecified atom stereocenters. The molecule has 1 amide bonds. The summed E-state index contributed by atoms with van der Waals surface area (Å²) in [5, 5.41) is 13.6. The molecule has 0 saturated heterocycles. The number of fused-ring (bicyclic) bond motifs is 3. The topological polar surface area (TPSA) is 99.2 Å². The lowest BCUT2D eigenvalue weighted by Gasteiger charge is -2.46. The van der Waals surface area contributed by atoms with Crippen LogP contribution in [0.2, 0.25) is 5.02 Å². The molecule has 2 aromatic rings. The molecule has 3 N–H and O–H groups in total. The van der Waals surface area contributed by atoms with Crippen LogP contribution in [0.3, 0.4) is 0 Å². The molecule has 2 aliphatic heterocycles. The first-order valence-electron chi connectivity index (χ1n) is 10.4. The summed E-state index contributed by atoms with van der Waals surface area (Å²) >= 11 is 9.75. The third-order valence-corrected chi connectivity index (χ3v) is 7.30. The second kappa shape index (κ2) is 7.21. The van der Waals surface area contributed by atoms with Crippen LogP contribution >= 0.6 is 27.5 Å². The quantitative estimate of drug-likeness (QED) is 0.539. The van der Waals surface area contributed by atoms with Crippen molar-refractivity contribution in [2.45, 2.75) is 32.1 Å². The number of Topliss-reactive ketones (excluding diaryl/α,β-unsaturated/α-hetero) is 1. The Labute approximate surface area is 204 Å². The Balaban J connectivity index is 1.90. The molecule has 2 heterocycles. The minimum absolute atomic E-state index is 0.0238. The maximum absolute atomic E-state index is 13.8. The minimum Gasteiger partial charge on any atom is -0.384 e. The molecule has 0 bridgehead atoms. The van der Waals surface area contributed by atoms with Crippen molar-refractivity contribution in [1.29, 1.82) is 5.26 Å². The average Bonchev–Trinajstić information content (AvgIpc) is 3.00. The average molecular weight is 524 g/mol. The predicted molar refractivity (Wildman–Crippen MR) is 130 cm³/mol. The normalized spacial score (nSPS) is 23.4. The van der Waals surface area contributed by atoms with Crippen LogP contribution in [-0.2, 0) is 15.0 Å². The fourth-order valence-corrected chi connectivity index (χ4v) is 5.71. The molecular weight excluding hydrogens is 504 g/mol. The molecule has 166 valence electrons. The standard InChI is InChI=1S/C25H20BrClN4O2/c1-24(2)10-19-21(20(32)11-24)25(16-9-14(27)5-8-18(16)30-23(25)33)17(12-28)22(29)31(19)15-6-3-13(26)4-7-15/h3-9H,10-11,29H2,1-2H3,(H,30,33). The lowest BCUT2D eigenvalue weighted by atomic mass is 9.61. The van der Waals surface area contributed by atoms with E-state index < -0.39 is 11.3 Å². The molecule has 3 aliphatic rings. The highest BCUT2D eigenvalue weighted by molar-refractivity contribution is 9.10. The molecule has 8 heteroatoms. The maximum Gasteiger partial charge on any atom is 0.245 e. The van der Waals surface area contributed by atoms with Gasteiger partial charge in [-0.2, -0.15) is 5.26 Å². The number of hydrogen-bond donors (Lipinski definition) is 2. The fourth-order valence-electron chi connectivity index (χ4n) is 5.28. The second-order valence-electron chi connectivity index (χ2n) is 9.34. The van der Waals surface area contributed by atoms with Crippen molar-refractivity contribution in [1.82, 2.24) is 0 Å². The van der Waals surface area contributed by atoms with Crippen LogP contribution in [0.1, 0.15) is 32.3 Å². The fraction of sp³-hybridized carbons (Fsp3) is 0.240. The van der Waals surface area contributed by atoms with Gasteiger partial charge in [0.2, 0.25) is 5.91 Å². The zero-order chi connectivity index (χ0) is 23.7. The summed E-state index contributed by atoms with van der Waals surface area (Å²) in [6, 6.07) is 14.6. The SMILES string of the molecule is CC1(C)CC(=O)C2=C(C1)N(c1ccc(Br)cc1)C(N)=C(C#N)C21C(=O)Nc2ccc(Cl)cc21. The number of rotatable bonds is 1. The van der Waals surface area contributed by atoms with Crippen LogP contribution in [0.4, 0.5) is 11.4 Å². The molecule has 0 saturated carbocycles. The third-order valence-electron chi connectivity index (χ3n) is 6.54. The van der Waals surface area contributed by atoms with Crippen molar-refractivity contribution in [2.24, 2.45) is 11.1 Å². The molecule has 6 nitrogen and oxygen atoms in total. The van der Waals surface area contributed by atoms with Gasteiger partial charge < -0.3 is 11.1 Å². The maximum atomic E-state index is 13.8. The smallest absolute Gasteiger partial charge is 0.245 e. The Morgan fingerprint density at radius 1 is 1.15 bits per heavy atom. The molecule has 5 rings (SSSR count). The van der Waals surface area contributed by atoms with Gasteiger partial charge in [0.05, 0.1) is 5.57 Å². The molecule has 1 atom stereocenters. The lowest BCUT2D eigenvalue weighted by Crippen LogP contribution is -2.52. The van der Waals surface area contributed by atoms with E-state index in [-0.39, 0.29) is 29.0 Å². The Bertz CT molecular complexity index is 1350. The number of nitrogens with two attached hydrogens (primary N) is 1. The third kappa shape index (κ3) is 2.98. The summed E-state index contributed by atoms with van der Waals surface area (Å²) in [5.41, 5.74) is 7.36. The Hall–Kier alpha value is -3.08. The number of amides is 1. The number of halogens is 2. The van der Waals surface area contributed by atoms with E-state index in [0.717, 1.165) is 4.47 Å². The van der Waals surface area contributed by atoms with Crippen molar-refractivity contribution in [2.75, 3.05) is 10.2 Å². The number of carbonyl (C=O) groups excluding carboxylic acids is 2. The zero-order valence-electron chi connectivity index (χ0n) is 18.0. The minimum atomic E-state index is -1.63. The highest BCUT2D eigenvalue weighted by Gasteiger charge is 2.61. The van der Waals surface area contributed by atoms with Crippen LogP contribution in [-0.4, -0.2) is 11.7 Å². The van der Waals surface area contributed by atoms with Crippen LogP contribution in [0, 0.1) is 16.7 Å². The number of carbonyl (C=O) groups is 2. The zero-order valence-corrected chi connectivity index (χ0v) is 20.3. The number of nitrogens with zero attached hydrogens (tertiary/aromatic N) is 2. The molecule has 0 aromatic heterocycles. The molecular formula is C25H20BrClN4O2. The monoisotopic (exact) mass is 522 g/mol. The number of nitriles is 1. The second-order valence-corrected chi connectivity index (χ2v) is 10.7. The van der Waals surface area contributed by atoms with Gasteiger partial charge in [-0.05, 0) is 54.3 Å². The first-order chi connectivity index (χ1) is 15.6. The summed E-state index contributed by atoms with van der Waals surface area (Å²) in [4.78, 5) is 29.2. The first-order valence-corrected chi connectivity index (χ1v) is 11.6. The summed E-state index contributed by atoms with van der Waals surface area (Å²) in [5.74, 6) is -0.506. The van der Waals surface area contributed by atoms with Crippen molar-refractivity contribution >= 4 is 50.6 Å². The predicted octanol–water partition coefficient (Wildman–Crippen LogP) is 5.15. The van der Waals surface area contributed by atoms with Crippen molar-refractivity contribution in [3.8, 4) is 6.07 Å². The first kappa shape index (κ1) is 21.7. The van der Waals surface area contributed by atoms with Gasteiger partial charge in [0.15, 0.2) is 5.78 Å². The van der Waals surface area contributed by atoms with Crippen LogP contribution in [0.15, 0.2) is 69.6 Å². The molecule has 1 spiro atoms. The van der Waals surface area contributed by atoms with Gasteiger partial charge in [0, 0.05) is 44.1 Å². The van der Waals surface area contributed by atoms with E-state index in [4.69, 9.17) is 17.3 Å². The van der Waals surface area contributed by atoms with E-state index in [9.17, 15) is 14.9 Å². The van der Waals surface area contributed by atoms with Gasteiger partial charge in [-0.25, -0.2) is 0 Å². The molecule has 33 heavy (non-hydrogen) atoms. The van der Waals surface area contributed by atoms with Crippen molar-refractivity contribution < 1.29 is 9.59 Å². The summed E-state index contributed by atoms with van der Waals surface area (Å²) < 4.78 is 0.885. The van der Waals surface area contributed by atoms with E-state index in [1.165, 1.54) is 0 Å². The summed E-state index contributed by atoms with van der Waals surface area (Å²) in [6.45, 7) is 4.03. The number of benzene rings is 2. The summed E-state index contributed by atoms with van der Waals surface area (Å²) in [6.07, 6.45) is 0.762. The van der Waals surface area contributed by atoms with Crippen LogP contribution < -0.4 is 16.0 Å². The molecule has 1 aliphatic carbocycles. The highest BCUT2D eigenvalue weighted by atomic mass is 79.9. The van der Waals surface area contributed by atoms with E-state index in [1.54, 1.807) is 23.1 Å².